The van der Waals surface area contributed by atoms with Crippen molar-refractivity contribution in [3.63, 3.8) is 0 Å². The van der Waals surface area contributed by atoms with Gasteiger partial charge in [-0.2, -0.15) is 11.8 Å². The molecule has 0 bridgehead atoms. The second-order valence-corrected chi connectivity index (χ2v) is 5.52. The van der Waals surface area contributed by atoms with Gasteiger partial charge < -0.3 is 10.1 Å². The molecule has 0 amide bonds. The lowest BCUT2D eigenvalue weighted by Gasteiger charge is -2.24. The average Bonchev–Trinajstić information content (AvgIpc) is 2.72. The van der Waals surface area contributed by atoms with Crippen LogP contribution in [0.3, 0.4) is 0 Å². The van der Waals surface area contributed by atoms with Gasteiger partial charge in [-0.1, -0.05) is 13.8 Å². The molecule has 3 unspecified atom stereocenters. The van der Waals surface area contributed by atoms with Crippen molar-refractivity contribution in [3.8, 4) is 0 Å². The first-order valence-corrected chi connectivity index (χ1v) is 7.47. The van der Waals surface area contributed by atoms with Crippen molar-refractivity contribution in [2.75, 3.05) is 31.8 Å². The second kappa shape index (κ2) is 7.53. The molecular formula is C12H25NOS. The summed E-state index contributed by atoms with van der Waals surface area (Å²) >= 11 is 1.94. The van der Waals surface area contributed by atoms with Gasteiger partial charge in [-0.25, -0.2) is 0 Å². The summed E-state index contributed by atoms with van der Waals surface area (Å²) in [5.74, 6) is 2.78. The van der Waals surface area contributed by atoms with Crippen LogP contribution in [0.4, 0.5) is 0 Å². The molecule has 1 saturated heterocycles. The molecule has 90 valence electrons. The van der Waals surface area contributed by atoms with Crippen LogP contribution in [-0.4, -0.2) is 37.8 Å². The predicted molar refractivity (Wildman–Crippen MR) is 68.6 cm³/mol. The standard InChI is InChI=1S/C12H25NOS/c1-4-12(11-5-6-14-8-11)13-7-10(2)9-15-3/h10-13H,4-9H2,1-3H3. The van der Waals surface area contributed by atoms with Crippen LogP contribution in [0.15, 0.2) is 0 Å². The van der Waals surface area contributed by atoms with Crippen LogP contribution in [0.2, 0.25) is 0 Å². The fourth-order valence-corrected chi connectivity index (χ4v) is 2.90. The van der Waals surface area contributed by atoms with E-state index in [0.717, 1.165) is 31.6 Å². The quantitative estimate of drug-likeness (QED) is 0.727. The minimum Gasteiger partial charge on any atom is -0.381 e. The Kier molecular flexibility index (Phi) is 6.69. The Labute approximate surface area is 98.5 Å². The summed E-state index contributed by atoms with van der Waals surface area (Å²) in [6, 6.07) is 0.664. The highest BCUT2D eigenvalue weighted by Crippen LogP contribution is 2.19. The fraction of sp³-hybridized carbons (Fsp3) is 1.00. The molecule has 2 nitrogen and oxygen atoms in total. The van der Waals surface area contributed by atoms with Gasteiger partial charge in [0.2, 0.25) is 0 Å². The lowest BCUT2D eigenvalue weighted by atomic mass is 9.96. The van der Waals surface area contributed by atoms with Gasteiger partial charge in [-0.15, -0.1) is 0 Å². The molecule has 1 aliphatic rings. The third-order valence-corrected chi connectivity index (χ3v) is 4.06. The van der Waals surface area contributed by atoms with Gasteiger partial charge in [0.25, 0.3) is 0 Å². The van der Waals surface area contributed by atoms with Crippen molar-refractivity contribution in [3.05, 3.63) is 0 Å². The number of hydrogen-bond donors (Lipinski definition) is 1. The highest BCUT2D eigenvalue weighted by atomic mass is 32.2. The van der Waals surface area contributed by atoms with E-state index < -0.39 is 0 Å². The van der Waals surface area contributed by atoms with Crippen LogP contribution in [0, 0.1) is 11.8 Å². The predicted octanol–water partition coefficient (Wildman–Crippen LogP) is 2.39. The molecule has 0 aromatic rings. The summed E-state index contributed by atoms with van der Waals surface area (Å²) in [7, 11) is 0. The lowest BCUT2D eigenvalue weighted by molar-refractivity contribution is 0.175. The molecule has 3 atom stereocenters. The fourth-order valence-electron chi connectivity index (χ4n) is 2.21. The molecule has 0 saturated carbocycles. The van der Waals surface area contributed by atoms with E-state index in [2.05, 4.69) is 25.4 Å². The first-order valence-electron chi connectivity index (χ1n) is 6.08. The van der Waals surface area contributed by atoms with Crippen LogP contribution >= 0.6 is 11.8 Å². The van der Waals surface area contributed by atoms with Crippen LogP contribution < -0.4 is 5.32 Å². The summed E-state index contributed by atoms with van der Waals surface area (Å²) < 4.78 is 5.45. The normalized spacial score (nSPS) is 25.4. The molecule has 0 radical (unpaired) electrons. The summed E-state index contributed by atoms with van der Waals surface area (Å²) in [4.78, 5) is 0. The SMILES string of the molecule is CCC(NCC(C)CSC)C1CCOC1. The first-order chi connectivity index (χ1) is 7.27. The van der Waals surface area contributed by atoms with Gasteiger partial charge in [-0.3, -0.25) is 0 Å². The zero-order valence-electron chi connectivity index (χ0n) is 10.3. The van der Waals surface area contributed by atoms with Crippen molar-refractivity contribution in [2.24, 2.45) is 11.8 Å². The van der Waals surface area contributed by atoms with Gasteiger partial charge in [-0.05, 0) is 43.2 Å². The maximum absolute atomic E-state index is 5.45. The minimum atomic E-state index is 0.664. The molecule has 0 spiro atoms. The number of ether oxygens (including phenoxy) is 1. The summed E-state index contributed by atoms with van der Waals surface area (Å²) in [5.41, 5.74) is 0. The van der Waals surface area contributed by atoms with Gasteiger partial charge in [0.05, 0.1) is 6.61 Å². The van der Waals surface area contributed by atoms with E-state index in [4.69, 9.17) is 4.74 Å². The Morgan fingerprint density at radius 2 is 2.33 bits per heavy atom. The number of thioether (sulfide) groups is 1. The van der Waals surface area contributed by atoms with Crippen LogP contribution in [0.5, 0.6) is 0 Å². The Balaban J connectivity index is 2.20. The minimum absolute atomic E-state index is 0.664. The topological polar surface area (TPSA) is 21.3 Å². The zero-order chi connectivity index (χ0) is 11.1. The van der Waals surface area contributed by atoms with E-state index in [0.29, 0.717) is 6.04 Å². The molecule has 1 fully saturated rings. The van der Waals surface area contributed by atoms with E-state index in [1.165, 1.54) is 18.6 Å². The van der Waals surface area contributed by atoms with Crippen molar-refractivity contribution >= 4 is 11.8 Å². The maximum Gasteiger partial charge on any atom is 0.0509 e. The van der Waals surface area contributed by atoms with Gasteiger partial charge in [0, 0.05) is 12.6 Å². The molecule has 1 N–H and O–H groups in total. The van der Waals surface area contributed by atoms with Crippen molar-refractivity contribution < 1.29 is 4.74 Å². The van der Waals surface area contributed by atoms with E-state index in [-0.39, 0.29) is 0 Å². The molecular weight excluding hydrogens is 206 g/mol. The molecule has 1 aliphatic heterocycles. The highest BCUT2D eigenvalue weighted by molar-refractivity contribution is 7.98. The van der Waals surface area contributed by atoms with Crippen molar-refractivity contribution in [2.45, 2.75) is 32.7 Å². The third-order valence-electron chi connectivity index (χ3n) is 3.15. The highest BCUT2D eigenvalue weighted by Gasteiger charge is 2.24. The van der Waals surface area contributed by atoms with Crippen LogP contribution in [-0.2, 0) is 4.74 Å². The van der Waals surface area contributed by atoms with E-state index >= 15 is 0 Å². The largest absolute Gasteiger partial charge is 0.381 e. The lowest BCUT2D eigenvalue weighted by Crippen LogP contribution is -2.38. The average molecular weight is 231 g/mol. The van der Waals surface area contributed by atoms with Gasteiger partial charge in [0.15, 0.2) is 0 Å². The Morgan fingerprint density at radius 3 is 2.87 bits per heavy atom. The number of nitrogens with one attached hydrogen (secondary N) is 1. The smallest absolute Gasteiger partial charge is 0.0509 e. The summed E-state index contributed by atoms with van der Waals surface area (Å²) in [5, 5.41) is 3.70. The molecule has 3 heteroatoms. The second-order valence-electron chi connectivity index (χ2n) is 4.61. The zero-order valence-corrected chi connectivity index (χ0v) is 11.1. The molecule has 1 rings (SSSR count). The van der Waals surface area contributed by atoms with Crippen LogP contribution in [0.1, 0.15) is 26.7 Å². The van der Waals surface area contributed by atoms with Crippen molar-refractivity contribution in [1.82, 2.24) is 5.32 Å². The van der Waals surface area contributed by atoms with E-state index in [1.807, 2.05) is 11.8 Å². The molecule has 0 aromatic carbocycles. The monoisotopic (exact) mass is 231 g/mol. The van der Waals surface area contributed by atoms with Crippen LogP contribution in [0.25, 0.3) is 0 Å². The van der Waals surface area contributed by atoms with E-state index in [9.17, 15) is 0 Å². The van der Waals surface area contributed by atoms with Gasteiger partial charge >= 0.3 is 0 Å². The van der Waals surface area contributed by atoms with Crippen molar-refractivity contribution in [1.29, 1.82) is 0 Å². The van der Waals surface area contributed by atoms with Gasteiger partial charge in [0.1, 0.15) is 0 Å². The Hall–Kier alpha value is 0.270. The Morgan fingerprint density at radius 1 is 1.53 bits per heavy atom. The maximum atomic E-state index is 5.45. The summed E-state index contributed by atoms with van der Waals surface area (Å²) in [6.45, 7) is 7.66. The third kappa shape index (κ3) is 4.75. The molecule has 15 heavy (non-hydrogen) atoms. The van der Waals surface area contributed by atoms with E-state index in [1.54, 1.807) is 0 Å². The number of rotatable bonds is 7. The number of hydrogen-bond acceptors (Lipinski definition) is 3. The molecule has 0 aromatic heterocycles. The Bertz CT molecular complexity index is 160. The summed E-state index contributed by atoms with van der Waals surface area (Å²) in [6.07, 6.45) is 4.64. The molecule has 1 heterocycles. The molecule has 0 aliphatic carbocycles. The first kappa shape index (κ1) is 13.3.